The SMILES string of the molecule is COc1cc2c(c(OC)c1OC)-c1ccc(SC)c(=O)cc1[C@H](c1ccccc1)CC2. The van der Waals surface area contributed by atoms with E-state index in [0.717, 1.165) is 40.0 Å². The second kappa shape index (κ2) is 9.06. The zero-order valence-electron chi connectivity index (χ0n) is 18.2. The molecule has 4 rings (SSSR count). The largest absolute Gasteiger partial charge is 0.493 e. The molecule has 0 saturated carbocycles. The lowest BCUT2D eigenvalue weighted by Gasteiger charge is -2.19. The Morgan fingerprint density at radius 3 is 2.29 bits per heavy atom. The van der Waals surface area contributed by atoms with E-state index in [0.29, 0.717) is 17.2 Å². The molecule has 0 unspecified atom stereocenters. The molecule has 0 bridgehead atoms. The average molecular weight is 435 g/mol. The van der Waals surface area contributed by atoms with E-state index in [1.165, 1.54) is 17.3 Å². The summed E-state index contributed by atoms with van der Waals surface area (Å²) in [6.07, 6.45) is 3.63. The number of rotatable bonds is 5. The molecule has 0 saturated heterocycles. The summed E-state index contributed by atoms with van der Waals surface area (Å²) >= 11 is 1.47. The van der Waals surface area contributed by atoms with Crippen LogP contribution >= 0.6 is 11.8 Å². The first kappa shape index (κ1) is 21.3. The van der Waals surface area contributed by atoms with E-state index in [1.54, 1.807) is 21.3 Å². The first-order valence-corrected chi connectivity index (χ1v) is 11.4. The van der Waals surface area contributed by atoms with Crippen LogP contribution in [0.1, 0.15) is 29.0 Å². The number of hydrogen-bond acceptors (Lipinski definition) is 5. The number of ether oxygens (including phenoxy) is 3. The molecule has 0 aromatic heterocycles. The van der Waals surface area contributed by atoms with Crippen molar-refractivity contribution < 1.29 is 14.2 Å². The molecule has 5 heteroatoms. The van der Waals surface area contributed by atoms with E-state index in [9.17, 15) is 4.79 Å². The third kappa shape index (κ3) is 3.79. The van der Waals surface area contributed by atoms with Crippen LogP contribution in [0, 0.1) is 0 Å². The Kier molecular flexibility index (Phi) is 6.23. The zero-order chi connectivity index (χ0) is 22.0. The monoisotopic (exact) mass is 434 g/mol. The van der Waals surface area contributed by atoms with Crippen LogP contribution in [0.3, 0.4) is 0 Å². The van der Waals surface area contributed by atoms with Gasteiger partial charge in [0.15, 0.2) is 16.9 Å². The average Bonchev–Trinajstić information content (AvgIpc) is 3.06. The van der Waals surface area contributed by atoms with Crippen LogP contribution in [-0.4, -0.2) is 27.6 Å². The highest BCUT2D eigenvalue weighted by Crippen LogP contribution is 2.51. The Hall–Kier alpha value is -2.92. The third-order valence-electron chi connectivity index (χ3n) is 5.92. The van der Waals surface area contributed by atoms with Crippen molar-refractivity contribution >= 4 is 11.8 Å². The Labute approximate surface area is 187 Å². The molecule has 0 fully saturated rings. The van der Waals surface area contributed by atoms with Crippen LogP contribution < -0.4 is 19.6 Å². The van der Waals surface area contributed by atoms with Crippen molar-refractivity contribution in [3.63, 3.8) is 0 Å². The van der Waals surface area contributed by atoms with Crippen LogP contribution in [0.5, 0.6) is 17.2 Å². The summed E-state index contributed by atoms with van der Waals surface area (Å²) in [5, 5.41) is 0. The summed E-state index contributed by atoms with van der Waals surface area (Å²) in [6, 6.07) is 18.2. The van der Waals surface area contributed by atoms with Gasteiger partial charge in [0.05, 0.1) is 26.2 Å². The van der Waals surface area contributed by atoms with Gasteiger partial charge < -0.3 is 14.2 Å². The lowest BCUT2D eigenvalue weighted by atomic mass is 9.87. The summed E-state index contributed by atoms with van der Waals surface area (Å²) in [5.74, 6) is 1.94. The van der Waals surface area contributed by atoms with Gasteiger partial charge in [-0.25, -0.2) is 0 Å². The molecule has 0 heterocycles. The van der Waals surface area contributed by atoms with Crippen molar-refractivity contribution in [1.82, 2.24) is 0 Å². The van der Waals surface area contributed by atoms with E-state index in [-0.39, 0.29) is 11.3 Å². The second-order valence-corrected chi connectivity index (χ2v) is 8.31. The quantitative estimate of drug-likeness (QED) is 0.494. The van der Waals surface area contributed by atoms with E-state index >= 15 is 0 Å². The minimum atomic E-state index is 0.0394. The Bertz CT molecular complexity index is 1160. The van der Waals surface area contributed by atoms with Gasteiger partial charge in [0, 0.05) is 11.5 Å². The maximum absolute atomic E-state index is 13.0. The van der Waals surface area contributed by atoms with Crippen molar-refractivity contribution in [3.05, 3.63) is 81.5 Å². The van der Waals surface area contributed by atoms with Gasteiger partial charge in [-0.15, -0.1) is 11.8 Å². The van der Waals surface area contributed by atoms with Crippen molar-refractivity contribution in [2.45, 2.75) is 23.7 Å². The molecule has 1 aliphatic rings. The summed E-state index contributed by atoms with van der Waals surface area (Å²) in [5.41, 5.74) is 5.34. The summed E-state index contributed by atoms with van der Waals surface area (Å²) in [4.78, 5) is 13.7. The lowest BCUT2D eigenvalue weighted by Crippen LogP contribution is -2.05. The van der Waals surface area contributed by atoms with Crippen molar-refractivity contribution in [3.8, 4) is 28.4 Å². The van der Waals surface area contributed by atoms with Gasteiger partial charge in [0.2, 0.25) is 5.75 Å². The molecule has 4 nitrogen and oxygen atoms in total. The van der Waals surface area contributed by atoms with Crippen LogP contribution in [-0.2, 0) is 6.42 Å². The van der Waals surface area contributed by atoms with E-state index < -0.39 is 0 Å². The topological polar surface area (TPSA) is 44.8 Å². The number of fused-ring (bicyclic) bond motifs is 3. The van der Waals surface area contributed by atoms with Crippen molar-refractivity contribution in [2.75, 3.05) is 27.6 Å². The van der Waals surface area contributed by atoms with Crippen LogP contribution in [0.25, 0.3) is 11.1 Å². The molecule has 0 N–H and O–H groups in total. The fourth-order valence-corrected chi connectivity index (χ4v) is 4.96. The van der Waals surface area contributed by atoms with Gasteiger partial charge in [0.1, 0.15) is 0 Å². The summed E-state index contributed by atoms with van der Waals surface area (Å²) < 4.78 is 17.1. The maximum atomic E-state index is 13.0. The smallest absolute Gasteiger partial charge is 0.203 e. The molecule has 31 heavy (non-hydrogen) atoms. The molecule has 3 aromatic carbocycles. The molecule has 160 valence electrons. The lowest BCUT2D eigenvalue weighted by molar-refractivity contribution is 0.324. The van der Waals surface area contributed by atoms with Gasteiger partial charge in [0.25, 0.3) is 0 Å². The number of aryl methyl sites for hydroxylation is 1. The molecular weight excluding hydrogens is 408 g/mol. The Morgan fingerprint density at radius 1 is 0.903 bits per heavy atom. The molecule has 1 atom stereocenters. The highest BCUT2D eigenvalue weighted by Gasteiger charge is 2.29. The predicted octanol–water partition coefficient (Wildman–Crippen LogP) is 5.54. The van der Waals surface area contributed by atoms with Gasteiger partial charge in [-0.3, -0.25) is 4.79 Å². The van der Waals surface area contributed by atoms with Gasteiger partial charge >= 0.3 is 0 Å². The molecule has 3 aromatic rings. The maximum Gasteiger partial charge on any atom is 0.203 e. The Morgan fingerprint density at radius 2 is 1.65 bits per heavy atom. The Balaban J connectivity index is 2.10. The normalized spacial score (nSPS) is 14.8. The summed E-state index contributed by atoms with van der Waals surface area (Å²) in [7, 11) is 4.89. The van der Waals surface area contributed by atoms with Crippen molar-refractivity contribution in [2.24, 2.45) is 0 Å². The molecule has 1 aliphatic carbocycles. The third-order valence-corrected chi connectivity index (χ3v) is 6.70. The molecule has 0 radical (unpaired) electrons. The van der Waals surface area contributed by atoms with Crippen LogP contribution in [0.15, 0.2) is 64.3 Å². The van der Waals surface area contributed by atoms with E-state index in [2.05, 4.69) is 18.2 Å². The minimum Gasteiger partial charge on any atom is -0.493 e. The van der Waals surface area contributed by atoms with Gasteiger partial charge in [-0.1, -0.05) is 36.4 Å². The first-order chi connectivity index (χ1) is 15.1. The molecular formula is C26H26O4S. The first-order valence-electron chi connectivity index (χ1n) is 10.2. The fourth-order valence-electron chi connectivity index (χ4n) is 4.50. The molecule has 0 aliphatic heterocycles. The molecule has 0 spiro atoms. The van der Waals surface area contributed by atoms with E-state index in [4.69, 9.17) is 14.2 Å². The standard InChI is InChI=1S/C26H26O4S/c1-28-22-14-17-10-11-18(16-8-6-5-7-9-16)20-15-21(27)23(31-4)13-12-19(20)24(17)26(30-3)25(22)29-2/h5-9,12-15,18H,10-11H2,1-4H3/t18-/m0/s1. The predicted molar refractivity (Wildman–Crippen MR) is 126 cm³/mol. The number of thioether (sulfide) groups is 1. The van der Waals surface area contributed by atoms with Crippen molar-refractivity contribution in [1.29, 1.82) is 0 Å². The highest BCUT2D eigenvalue weighted by molar-refractivity contribution is 7.98. The number of benzene rings is 2. The number of methoxy groups -OCH3 is 3. The van der Waals surface area contributed by atoms with Crippen LogP contribution in [0.2, 0.25) is 0 Å². The molecule has 0 amide bonds. The zero-order valence-corrected chi connectivity index (χ0v) is 19.0. The highest BCUT2D eigenvalue weighted by atomic mass is 32.2. The van der Waals surface area contributed by atoms with Crippen LogP contribution in [0.4, 0.5) is 0 Å². The van der Waals surface area contributed by atoms with Gasteiger partial charge in [-0.05, 0) is 59.6 Å². The second-order valence-electron chi connectivity index (χ2n) is 7.46. The minimum absolute atomic E-state index is 0.0394. The van der Waals surface area contributed by atoms with Gasteiger partial charge in [-0.2, -0.15) is 0 Å². The number of hydrogen-bond donors (Lipinski definition) is 0. The fraction of sp³-hybridized carbons (Fsp3) is 0.269. The summed E-state index contributed by atoms with van der Waals surface area (Å²) in [6.45, 7) is 0. The van der Waals surface area contributed by atoms with E-state index in [1.807, 2.05) is 42.7 Å².